The minimum Gasteiger partial charge on any atom is -0.463 e. The molecule has 16 nitrogen and oxygen atoms in total. The maximum absolute atomic E-state index is 12.6. The van der Waals surface area contributed by atoms with Crippen molar-refractivity contribution < 1.29 is 48.0 Å². The van der Waals surface area contributed by atoms with Crippen molar-refractivity contribution in [3.8, 4) is 0 Å². The molecular weight excluding hydrogens is 546 g/mol. The SMILES string of the molecule is CC(=O)OCC1OC(n2cc3c(NC(=O)OCOC(=O)C(C)C)cc4c(=O)[nH]ncc(n2)c34)C(C)(O)C1OC(C)=O. The molecule has 1 amide bonds. The number of aromatic nitrogens is 4. The number of aliphatic hydroxyl groups is 1. The first kappa shape index (κ1) is 29.4. The van der Waals surface area contributed by atoms with Crippen molar-refractivity contribution in [3.05, 3.63) is 28.8 Å². The van der Waals surface area contributed by atoms with E-state index < -0.39 is 66.3 Å². The van der Waals surface area contributed by atoms with Crippen molar-refractivity contribution in [3.63, 3.8) is 0 Å². The molecule has 0 spiro atoms. The molecule has 1 aliphatic heterocycles. The standard InChI is InChI=1S/C25H29N5O11/c1-11(2)22(34)38-10-39-24(35)27-16-6-14-19-15(16)8-30(29-17(19)7-26-28-21(14)33)23-25(5,36)20(40-13(4)32)18(41-23)9-37-12(3)31/h6-8,11,18,20,23,36H,9-10H2,1-5H3,(H,27,35)(H,28,33). The van der Waals surface area contributed by atoms with Crippen molar-refractivity contribution in [2.45, 2.75) is 58.7 Å². The fraction of sp³-hybridized carbons (Fsp3) is 0.480. The number of rotatable bonds is 8. The number of aromatic amines is 1. The molecule has 16 heteroatoms. The highest BCUT2D eigenvalue weighted by molar-refractivity contribution is 6.16. The first-order valence-corrected chi connectivity index (χ1v) is 12.5. The summed E-state index contributed by atoms with van der Waals surface area (Å²) in [5, 5.41) is 25.4. The Balaban J connectivity index is 1.73. The predicted molar refractivity (Wildman–Crippen MR) is 138 cm³/mol. The van der Waals surface area contributed by atoms with Gasteiger partial charge in [-0.05, 0) is 13.0 Å². The number of carbonyl (C=O) groups is 4. The number of esters is 3. The summed E-state index contributed by atoms with van der Waals surface area (Å²) in [7, 11) is 0. The van der Waals surface area contributed by atoms with Gasteiger partial charge in [-0.1, -0.05) is 13.8 Å². The maximum atomic E-state index is 12.6. The van der Waals surface area contributed by atoms with E-state index in [9.17, 15) is 29.1 Å². The molecule has 4 rings (SSSR count). The Bertz CT molecular complexity index is 1560. The van der Waals surface area contributed by atoms with Crippen LogP contribution in [0.3, 0.4) is 0 Å². The Morgan fingerprint density at radius 2 is 1.90 bits per heavy atom. The van der Waals surface area contributed by atoms with E-state index in [1.54, 1.807) is 13.8 Å². The van der Waals surface area contributed by atoms with Gasteiger partial charge in [0.25, 0.3) is 5.56 Å². The Hall–Kier alpha value is -4.57. The average molecular weight is 576 g/mol. The van der Waals surface area contributed by atoms with E-state index >= 15 is 0 Å². The first-order valence-electron chi connectivity index (χ1n) is 12.5. The lowest BCUT2D eigenvalue weighted by molar-refractivity contribution is -0.163. The van der Waals surface area contributed by atoms with E-state index in [0.29, 0.717) is 5.39 Å². The third kappa shape index (κ3) is 6.12. The summed E-state index contributed by atoms with van der Waals surface area (Å²) in [5.41, 5.74) is -2.15. The van der Waals surface area contributed by atoms with Crippen LogP contribution >= 0.6 is 0 Å². The molecule has 0 radical (unpaired) electrons. The van der Waals surface area contributed by atoms with Crippen molar-refractivity contribution in [2.75, 3.05) is 18.7 Å². The maximum Gasteiger partial charge on any atom is 0.414 e. The molecular formula is C25H29N5O11. The Morgan fingerprint density at radius 1 is 1.17 bits per heavy atom. The van der Waals surface area contributed by atoms with Crippen molar-refractivity contribution in [2.24, 2.45) is 5.92 Å². The van der Waals surface area contributed by atoms with Gasteiger partial charge in [-0.3, -0.25) is 24.5 Å². The summed E-state index contributed by atoms with van der Waals surface area (Å²) < 4.78 is 27.3. The fourth-order valence-electron chi connectivity index (χ4n) is 4.40. The summed E-state index contributed by atoms with van der Waals surface area (Å²) in [6.45, 7) is 6.00. The molecule has 1 saturated heterocycles. The second-order valence-electron chi connectivity index (χ2n) is 9.83. The highest BCUT2D eigenvalue weighted by atomic mass is 16.7. The number of H-pyrrole nitrogens is 1. The zero-order valence-electron chi connectivity index (χ0n) is 22.8. The second kappa shape index (κ2) is 11.5. The fourth-order valence-corrected chi connectivity index (χ4v) is 4.40. The zero-order chi connectivity index (χ0) is 30.1. The van der Waals surface area contributed by atoms with Crippen LogP contribution in [0.1, 0.15) is 40.8 Å². The normalized spacial score (nSPS) is 22.1. The monoisotopic (exact) mass is 575 g/mol. The molecule has 1 fully saturated rings. The number of anilines is 1. The number of hydrogen-bond acceptors (Lipinski definition) is 13. The minimum atomic E-state index is -1.88. The molecule has 0 aliphatic carbocycles. The highest BCUT2D eigenvalue weighted by Crippen LogP contribution is 2.41. The molecule has 4 unspecified atom stereocenters. The largest absolute Gasteiger partial charge is 0.463 e. The molecule has 0 bridgehead atoms. The summed E-state index contributed by atoms with van der Waals surface area (Å²) in [5.74, 6) is -2.28. The van der Waals surface area contributed by atoms with Crippen LogP contribution in [-0.2, 0) is 38.1 Å². The van der Waals surface area contributed by atoms with Crippen LogP contribution in [0.5, 0.6) is 0 Å². The van der Waals surface area contributed by atoms with E-state index in [4.69, 9.17) is 23.7 Å². The molecule has 1 aliphatic rings. The number of ether oxygens (including phenoxy) is 5. The van der Waals surface area contributed by atoms with E-state index in [1.165, 1.54) is 37.0 Å². The Kier molecular flexibility index (Phi) is 8.25. The third-order valence-electron chi connectivity index (χ3n) is 6.26. The smallest absolute Gasteiger partial charge is 0.414 e. The summed E-state index contributed by atoms with van der Waals surface area (Å²) in [6.07, 6.45) is -1.90. The van der Waals surface area contributed by atoms with E-state index in [2.05, 4.69) is 20.6 Å². The van der Waals surface area contributed by atoms with Crippen LogP contribution in [0.15, 0.2) is 23.3 Å². The number of nitrogens with one attached hydrogen (secondary N) is 2. The summed E-state index contributed by atoms with van der Waals surface area (Å²) in [4.78, 5) is 60.0. The van der Waals surface area contributed by atoms with Gasteiger partial charge in [0, 0.05) is 30.8 Å². The average Bonchev–Trinajstić information content (AvgIpc) is 3.30. The summed E-state index contributed by atoms with van der Waals surface area (Å²) in [6, 6.07) is 1.38. The van der Waals surface area contributed by atoms with Crippen LogP contribution in [0.4, 0.5) is 10.5 Å². The summed E-state index contributed by atoms with van der Waals surface area (Å²) >= 11 is 0. The Labute approximate surface area is 231 Å². The molecule has 220 valence electrons. The van der Waals surface area contributed by atoms with Crippen LogP contribution in [0, 0.1) is 5.92 Å². The number of carbonyl (C=O) groups excluding carboxylic acids is 4. The molecule has 0 saturated carbocycles. The van der Waals surface area contributed by atoms with Gasteiger partial charge < -0.3 is 28.8 Å². The van der Waals surface area contributed by atoms with Gasteiger partial charge in [0.15, 0.2) is 12.3 Å². The quantitative estimate of drug-likeness (QED) is 0.195. The van der Waals surface area contributed by atoms with Crippen LogP contribution in [0.2, 0.25) is 0 Å². The lowest BCUT2D eigenvalue weighted by Gasteiger charge is -2.29. The molecule has 4 atom stereocenters. The van der Waals surface area contributed by atoms with Gasteiger partial charge in [0.1, 0.15) is 23.8 Å². The van der Waals surface area contributed by atoms with Crippen molar-refractivity contribution >= 4 is 51.4 Å². The lowest BCUT2D eigenvalue weighted by atomic mass is 9.96. The van der Waals surface area contributed by atoms with Crippen molar-refractivity contribution in [1.29, 1.82) is 0 Å². The molecule has 3 N–H and O–H groups in total. The number of amides is 1. The van der Waals surface area contributed by atoms with E-state index in [1.807, 2.05) is 0 Å². The molecule has 3 aromatic rings. The van der Waals surface area contributed by atoms with Gasteiger partial charge in [-0.25, -0.2) is 14.6 Å². The number of nitrogens with zero attached hydrogens (tertiary/aromatic N) is 3. The highest BCUT2D eigenvalue weighted by Gasteiger charge is 2.56. The van der Waals surface area contributed by atoms with Crippen LogP contribution in [-0.4, -0.2) is 80.3 Å². The van der Waals surface area contributed by atoms with Gasteiger partial charge in [0.05, 0.1) is 23.2 Å². The van der Waals surface area contributed by atoms with Crippen LogP contribution < -0.4 is 10.9 Å². The topological polar surface area (TPSA) is 210 Å². The van der Waals surface area contributed by atoms with Gasteiger partial charge in [-0.15, -0.1) is 0 Å². The molecule has 3 heterocycles. The van der Waals surface area contributed by atoms with Gasteiger partial charge >= 0.3 is 24.0 Å². The molecule has 2 aromatic heterocycles. The molecule has 1 aromatic carbocycles. The zero-order valence-corrected chi connectivity index (χ0v) is 22.8. The van der Waals surface area contributed by atoms with Gasteiger partial charge in [-0.2, -0.15) is 10.2 Å². The Morgan fingerprint density at radius 3 is 2.56 bits per heavy atom. The third-order valence-corrected chi connectivity index (χ3v) is 6.26. The first-order chi connectivity index (χ1) is 19.3. The van der Waals surface area contributed by atoms with Crippen LogP contribution in [0.25, 0.3) is 21.7 Å². The van der Waals surface area contributed by atoms with E-state index in [0.717, 1.165) is 6.92 Å². The van der Waals surface area contributed by atoms with E-state index in [-0.39, 0.29) is 28.6 Å². The number of hydrogen-bond donors (Lipinski definition) is 3. The van der Waals surface area contributed by atoms with Crippen molar-refractivity contribution in [1.82, 2.24) is 20.0 Å². The minimum absolute atomic E-state index is 0.128. The second-order valence-corrected chi connectivity index (χ2v) is 9.83. The predicted octanol–water partition coefficient (Wildman–Crippen LogP) is 1.12. The van der Waals surface area contributed by atoms with Gasteiger partial charge in [0.2, 0.25) is 6.79 Å². The molecule has 41 heavy (non-hydrogen) atoms. The lowest BCUT2D eigenvalue weighted by Crippen LogP contribution is -2.47.